The fourth-order valence-electron chi connectivity index (χ4n) is 2.42. The fourth-order valence-corrected chi connectivity index (χ4v) is 4.76. The number of benzene rings is 2. The molecule has 120 valence electrons. The number of rotatable bonds is 4. The van der Waals surface area contributed by atoms with Crippen molar-refractivity contribution in [1.82, 2.24) is 4.98 Å². The van der Waals surface area contributed by atoms with Gasteiger partial charge in [-0.1, -0.05) is 12.1 Å². The van der Waals surface area contributed by atoms with Gasteiger partial charge in [0.2, 0.25) is 9.84 Å². The van der Waals surface area contributed by atoms with Crippen LogP contribution in [-0.4, -0.2) is 25.6 Å². The van der Waals surface area contributed by atoms with Gasteiger partial charge in [-0.25, -0.2) is 8.42 Å². The molecular formula is C16H14BrNO4S. The molecule has 3 aromatic rings. The average Bonchev–Trinajstić information content (AvgIpc) is 2.97. The summed E-state index contributed by atoms with van der Waals surface area (Å²) in [7, 11) is -2.43. The van der Waals surface area contributed by atoms with Gasteiger partial charge in [0.15, 0.2) is 5.44 Å². The molecule has 0 aliphatic rings. The number of sulfone groups is 1. The summed E-state index contributed by atoms with van der Waals surface area (Å²) < 4.78 is 31.0. The Bertz CT molecular complexity index is 965. The van der Waals surface area contributed by atoms with Crippen molar-refractivity contribution >= 4 is 36.7 Å². The van der Waals surface area contributed by atoms with E-state index in [1.165, 1.54) is 19.4 Å². The van der Waals surface area contributed by atoms with Gasteiger partial charge in [-0.3, -0.25) is 0 Å². The zero-order chi connectivity index (χ0) is 16.6. The molecule has 2 N–H and O–H groups in total. The van der Waals surface area contributed by atoms with E-state index in [2.05, 4.69) is 20.9 Å². The second-order valence-electron chi connectivity index (χ2n) is 4.98. The first-order valence-corrected chi connectivity index (χ1v) is 9.10. The van der Waals surface area contributed by atoms with Crippen LogP contribution in [0, 0.1) is 0 Å². The van der Waals surface area contributed by atoms with Crippen LogP contribution in [0.2, 0.25) is 0 Å². The summed E-state index contributed by atoms with van der Waals surface area (Å²) in [6, 6.07) is 11.6. The molecule has 0 fully saturated rings. The molecule has 0 spiro atoms. The lowest BCUT2D eigenvalue weighted by Crippen LogP contribution is -2.13. The Morgan fingerprint density at radius 2 is 1.96 bits per heavy atom. The molecule has 0 saturated heterocycles. The monoisotopic (exact) mass is 395 g/mol. The first-order valence-electron chi connectivity index (χ1n) is 6.76. The van der Waals surface area contributed by atoms with Crippen molar-refractivity contribution in [1.29, 1.82) is 0 Å². The highest BCUT2D eigenvalue weighted by Gasteiger charge is 2.30. The highest BCUT2D eigenvalue weighted by Crippen LogP contribution is 2.35. The molecule has 3 rings (SSSR count). The summed E-state index contributed by atoms with van der Waals surface area (Å²) in [5.41, 5.74) is -0.668. The van der Waals surface area contributed by atoms with E-state index in [-0.39, 0.29) is 10.5 Å². The number of aliphatic hydroxyl groups is 1. The molecule has 1 unspecified atom stereocenters. The van der Waals surface area contributed by atoms with Crippen molar-refractivity contribution in [3.63, 3.8) is 0 Å². The minimum atomic E-state index is -3.96. The van der Waals surface area contributed by atoms with Crippen molar-refractivity contribution in [2.45, 2.75) is 10.3 Å². The van der Waals surface area contributed by atoms with Crippen molar-refractivity contribution in [2.75, 3.05) is 7.11 Å². The van der Waals surface area contributed by atoms with E-state index >= 15 is 0 Å². The minimum absolute atomic E-state index is 0.0461. The molecule has 7 heteroatoms. The molecule has 1 atom stereocenters. The third-order valence-electron chi connectivity index (χ3n) is 3.62. The highest BCUT2D eigenvalue weighted by atomic mass is 79.9. The van der Waals surface area contributed by atoms with E-state index in [1.54, 1.807) is 36.4 Å². The first kappa shape index (κ1) is 16.0. The maximum Gasteiger partial charge on any atom is 0.210 e. The summed E-state index contributed by atoms with van der Waals surface area (Å²) >= 11 is 3.22. The zero-order valence-corrected chi connectivity index (χ0v) is 14.6. The van der Waals surface area contributed by atoms with E-state index in [4.69, 9.17) is 4.74 Å². The molecule has 0 aliphatic carbocycles. The standard InChI is InChI=1S/C16H14BrNO4S/c1-22-10-6-7-14-11(8-10)12(9-18-14)16(19)23(20,21)15-5-3-2-4-13(15)17/h2-9,16,18-19H,1H3. The van der Waals surface area contributed by atoms with Crippen molar-refractivity contribution in [3.05, 3.63) is 58.7 Å². The van der Waals surface area contributed by atoms with Crippen LogP contribution in [-0.2, 0) is 9.84 Å². The van der Waals surface area contributed by atoms with Crippen LogP contribution < -0.4 is 4.74 Å². The molecule has 2 aromatic carbocycles. The number of aromatic amines is 1. The van der Waals surface area contributed by atoms with Gasteiger partial charge in [-0.2, -0.15) is 0 Å². The highest BCUT2D eigenvalue weighted by molar-refractivity contribution is 9.10. The third-order valence-corrected chi connectivity index (χ3v) is 6.39. The SMILES string of the molecule is COc1ccc2[nH]cc(C(O)S(=O)(=O)c3ccccc3Br)c2c1. The Balaban J connectivity index is 2.13. The number of fused-ring (bicyclic) bond motifs is 1. The van der Waals surface area contributed by atoms with Crippen LogP contribution in [0.3, 0.4) is 0 Å². The van der Waals surface area contributed by atoms with E-state index in [0.717, 1.165) is 5.52 Å². The maximum atomic E-state index is 12.7. The fraction of sp³-hybridized carbons (Fsp3) is 0.125. The van der Waals surface area contributed by atoms with E-state index in [1.807, 2.05) is 0 Å². The summed E-state index contributed by atoms with van der Waals surface area (Å²) in [4.78, 5) is 3.01. The summed E-state index contributed by atoms with van der Waals surface area (Å²) in [6.07, 6.45) is 1.50. The van der Waals surface area contributed by atoms with Crippen LogP contribution in [0.4, 0.5) is 0 Å². The van der Waals surface area contributed by atoms with Gasteiger partial charge in [0, 0.05) is 27.1 Å². The summed E-state index contributed by atoms with van der Waals surface area (Å²) in [6.45, 7) is 0. The lowest BCUT2D eigenvalue weighted by atomic mass is 10.2. The van der Waals surface area contributed by atoms with Gasteiger partial charge in [0.25, 0.3) is 0 Å². The van der Waals surface area contributed by atoms with Crippen molar-refractivity contribution in [3.8, 4) is 5.75 Å². The molecule has 0 bridgehead atoms. The molecule has 23 heavy (non-hydrogen) atoms. The molecule has 0 saturated carbocycles. The largest absolute Gasteiger partial charge is 0.497 e. The number of hydrogen-bond donors (Lipinski definition) is 2. The summed E-state index contributed by atoms with van der Waals surface area (Å²) in [5.74, 6) is 0.587. The Morgan fingerprint density at radius 1 is 1.22 bits per heavy atom. The van der Waals surface area contributed by atoms with Crippen molar-refractivity contribution in [2.24, 2.45) is 0 Å². The molecule has 0 radical (unpaired) electrons. The number of aromatic nitrogens is 1. The molecule has 1 aromatic heterocycles. The normalized spacial score (nSPS) is 13.2. The predicted octanol–water partition coefficient (Wildman–Crippen LogP) is 3.40. The molecule has 0 amide bonds. The summed E-state index contributed by atoms with van der Waals surface area (Å²) in [5, 5.41) is 11.1. The predicted molar refractivity (Wildman–Crippen MR) is 91.1 cm³/mol. The molecule has 1 heterocycles. The Kier molecular flexibility index (Phi) is 4.18. The van der Waals surface area contributed by atoms with Crippen LogP contribution in [0.15, 0.2) is 58.0 Å². The number of aliphatic hydroxyl groups excluding tert-OH is 1. The maximum absolute atomic E-state index is 12.7. The van der Waals surface area contributed by atoms with E-state index < -0.39 is 15.3 Å². The number of methoxy groups -OCH3 is 1. The topological polar surface area (TPSA) is 79.4 Å². The van der Waals surface area contributed by atoms with Crippen LogP contribution in [0.5, 0.6) is 5.75 Å². The number of nitrogens with one attached hydrogen (secondary N) is 1. The van der Waals surface area contributed by atoms with Gasteiger partial charge >= 0.3 is 0 Å². The van der Waals surface area contributed by atoms with Crippen molar-refractivity contribution < 1.29 is 18.3 Å². The second-order valence-corrected chi connectivity index (χ2v) is 7.81. The zero-order valence-electron chi connectivity index (χ0n) is 12.2. The van der Waals surface area contributed by atoms with Crippen LogP contribution in [0.25, 0.3) is 10.9 Å². The Morgan fingerprint density at radius 3 is 2.65 bits per heavy atom. The van der Waals surface area contributed by atoms with Gasteiger partial charge in [-0.15, -0.1) is 0 Å². The third kappa shape index (κ3) is 2.75. The van der Waals surface area contributed by atoms with Gasteiger partial charge in [0.1, 0.15) is 5.75 Å². The van der Waals surface area contributed by atoms with Crippen LogP contribution >= 0.6 is 15.9 Å². The lowest BCUT2D eigenvalue weighted by Gasteiger charge is -2.13. The number of hydrogen-bond acceptors (Lipinski definition) is 4. The quantitative estimate of drug-likeness (QED) is 0.709. The molecule has 0 aliphatic heterocycles. The van der Waals surface area contributed by atoms with Crippen LogP contribution in [0.1, 0.15) is 11.0 Å². The van der Waals surface area contributed by atoms with Gasteiger partial charge in [0.05, 0.1) is 12.0 Å². The molecule has 5 nitrogen and oxygen atoms in total. The number of ether oxygens (including phenoxy) is 1. The van der Waals surface area contributed by atoms with Gasteiger partial charge < -0.3 is 14.8 Å². The Labute approximate surface area is 142 Å². The molecular weight excluding hydrogens is 382 g/mol. The lowest BCUT2D eigenvalue weighted by molar-refractivity contribution is 0.256. The minimum Gasteiger partial charge on any atom is -0.497 e. The second kappa shape index (κ2) is 5.99. The first-order chi connectivity index (χ1) is 10.9. The number of halogens is 1. The Hall–Kier alpha value is -1.83. The van der Waals surface area contributed by atoms with Gasteiger partial charge in [-0.05, 0) is 46.3 Å². The smallest absolute Gasteiger partial charge is 0.210 e. The van der Waals surface area contributed by atoms with E-state index in [0.29, 0.717) is 15.6 Å². The number of H-pyrrole nitrogens is 1. The van der Waals surface area contributed by atoms with E-state index in [9.17, 15) is 13.5 Å². The average molecular weight is 396 g/mol.